The molecule has 1 atom stereocenters. The van der Waals surface area contributed by atoms with Crippen molar-refractivity contribution < 1.29 is 4.42 Å². The first-order valence-corrected chi connectivity index (χ1v) is 3.91. The summed E-state index contributed by atoms with van der Waals surface area (Å²) in [6.07, 6.45) is 0. The van der Waals surface area contributed by atoms with Crippen molar-refractivity contribution in [2.75, 3.05) is 0 Å². The second-order valence-electron chi connectivity index (χ2n) is 3.19. The monoisotopic (exact) mass is 154 g/mol. The Bertz CT molecular complexity index is 230. The third kappa shape index (κ3) is 1.79. The first kappa shape index (κ1) is 8.24. The molecule has 0 aliphatic carbocycles. The summed E-state index contributed by atoms with van der Waals surface area (Å²) < 4.78 is 5.28. The van der Waals surface area contributed by atoms with Crippen LogP contribution in [-0.4, -0.2) is 10.2 Å². The van der Waals surface area contributed by atoms with Crippen molar-refractivity contribution in [3.05, 3.63) is 11.8 Å². The summed E-state index contributed by atoms with van der Waals surface area (Å²) in [5, 5.41) is 7.72. The lowest BCUT2D eigenvalue weighted by atomic mass is 9.98. The summed E-state index contributed by atoms with van der Waals surface area (Å²) in [6.45, 7) is 8.19. The van der Waals surface area contributed by atoms with Gasteiger partial charge in [-0.3, -0.25) is 0 Å². The van der Waals surface area contributed by atoms with Gasteiger partial charge in [-0.1, -0.05) is 20.8 Å². The lowest BCUT2D eigenvalue weighted by Crippen LogP contribution is -2.01. The number of hydrogen-bond donors (Lipinski definition) is 0. The molecule has 0 bridgehead atoms. The highest BCUT2D eigenvalue weighted by Gasteiger charge is 2.15. The molecule has 11 heavy (non-hydrogen) atoms. The van der Waals surface area contributed by atoms with Crippen LogP contribution in [0.4, 0.5) is 0 Å². The van der Waals surface area contributed by atoms with Gasteiger partial charge in [-0.2, -0.15) is 0 Å². The lowest BCUT2D eigenvalue weighted by molar-refractivity contribution is 0.389. The molecule has 0 N–H and O–H groups in total. The van der Waals surface area contributed by atoms with Gasteiger partial charge in [-0.25, -0.2) is 0 Å². The Labute approximate surface area is 66.8 Å². The maximum Gasteiger partial charge on any atom is 0.219 e. The van der Waals surface area contributed by atoms with Gasteiger partial charge in [0.1, 0.15) is 0 Å². The van der Waals surface area contributed by atoms with E-state index in [1.54, 1.807) is 0 Å². The Hall–Kier alpha value is -0.860. The summed E-state index contributed by atoms with van der Waals surface area (Å²) in [7, 11) is 0. The molecule has 0 saturated heterocycles. The molecule has 0 spiro atoms. The minimum Gasteiger partial charge on any atom is -0.425 e. The molecule has 1 rings (SSSR count). The molecule has 0 radical (unpaired) electrons. The minimum absolute atomic E-state index is 0.358. The van der Waals surface area contributed by atoms with E-state index in [9.17, 15) is 0 Å². The molecule has 0 aliphatic heterocycles. The van der Waals surface area contributed by atoms with E-state index in [-0.39, 0.29) is 0 Å². The second-order valence-corrected chi connectivity index (χ2v) is 3.19. The van der Waals surface area contributed by atoms with Gasteiger partial charge in [-0.05, 0) is 5.92 Å². The molecule has 0 saturated carbocycles. The smallest absolute Gasteiger partial charge is 0.219 e. The molecule has 1 unspecified atom stereocenters. The Morgan fingerprint density at radius 2 is 1.82 bits per heavy atom. The number of aryl methyl sites for hydroxylation is 1. The minimum atomic E-state index is 0.358. The van der Waals surface area contributed by atoms with Gasteiger partial charge >= 0.3 is 0 Å². The fraction of sp³-hybridized carbons (Fsp3) is 0.750. The molecule has 1 aromatic heterocycles. The van der Waals surface area contributed by atoms with Gasteiger partial charge in [0.05, 0.1) is 0 Å². The van der Waals surface area contributed by atoms with Crippen LogP contribution in [0.3, 0.4) is 0 Å². The van der Waals surface area contributed by atoms with E-state index in [2.05, 4.69) is 31.0 Å². The van der Waals surface area contributed by atoms with Crippen molar-refractivity contribution in [2.45, 2.75) is 33.6 Å². The maximum absolute atomic E-state index is 5.28. The van der Waals surface area contributed by atoms with Crippen LogP contribution in [0.25, 0.3) is 0 Å². The van der Waals surface area contributed by atoms with Crippen LogP contribution >= 0.6 is 0 Å². The summed E-state index contributed by atoms with van der Waals surface area (Å²) in [6, 6.07) is 0. The molecule has 0 amide bonds. The summed E-state index contributed by atoms with van der Waals surface area (Å²) >= 11 is 0. The lowest BCUT2D eigenvalue weighted by Gasteiger charge is -2.09. The predicted octanol–water partition coefficient (Wildman–Crippen LogP) is 2.14. The van der Waals surface area contributed by atoms with Gasteiger partial charge in [-0.15, -0.1) is 10.2 Å². The quantitative estimate of drug-likeness (QED) is 0.655. The molecular formula is C8H14N2O. The Morgan fingerprint density at radius 1 is 1.18 bits per heavy atom. The zero-order chi connectivity index (χ0) is 8.43. The second kappa shape index (κ2) is 3.03. The van der Waals surface area contributed by atoms with E-state index in [0.717, 1.165) is 5.89 Å². The largest absolute Gasteiger partial charge is 0.425 e. The van der Waals surface area contributed by atoms with Crippen LogP contribution in [0.1, 0.15) is 38.5 Å². The van der Waals surface area contributed by atoms with E-state index in [1.165, 1.54) is 0 Å². The zero-order valence-electron chi connectivity index (χ0n) is 7.46. The molecule has 3 heteroatoms. The topological polar surface area (TPSA) is 38.9 Å². The molecule has 1 heterocycles. The molecule has 3 nitrogen and oxygen atoms in total. The Kier molecular flexibility index (Phi) is 2.27. The highest BCUT2D eigenvalue weighted by molar-refractivity contribution is 4.89. The third-order valence-electron chi connectivity index (χ3n) is 1.93. The van der Waals surface area contributed by atoms with Crippen molar-refractivity contribution in [3.63, 3.8) is 0 Å². The normalized spacial score (nSPS) is 13.9. The van der Waals surface area contributed by atoms with Crippen LogP contribution in [0.5, 0.6) is 0 Å². The molecule has 62 valence electrons. The number of aromatic nitrogens is 2. The van der Waals surface area contributed by atoms with Crippen molar-refractivity contribution in [2.24, 2.45) is 5.92 Å². The maximum atomic E-state index is 5.28. The van der Waals surface area contributed by atoms with Crippen molar-refractivity contribution in [1.82, 2.24) is 10.2 Å². The van der Waals surface area contributed by atoms with Gasteiger partial charge < -0.3 is 4.42 Å². The fourth-order valence-electron chi connectivity index (χ4n) is 0.781. The van der Waals surface area contributed by atoms with E-state index in [0.29, 0.717) is 17.7 Å². The first-order chi connectivity index (χ1) is 5.11. The summed E-state index contributed by atoms with van der Waals surface area (Å²) in [4.78, 5) is 0. The van der Waals surface area contributed by atoms with Crippen LogP contribution < -0.4 is 0 Å². The standard InChI is InChI=1S/C8H14N2O/c1-5(2)6(3)8-10-9-7(4)11-8/h5-6H,1-4H3. The number of nitrogens with zero attached hydrogens (tertiary/aromatic N) is 2. The highest BCUT2D eigenvalue weighted by atomic mass is 16.4. The predicted molar refractivity (Wildman–Crippen MR) is 42.3 cm³/mol. The summed E-state index contributed by atoms with van der Waals surface area (Å²) in [5.74, 6) is 2.30. The van der Waals surface area contributed by atoms with Crippen molar-refractivity contribution >= 4 is 0 Å². The molecule has 0 fully saturated rings. The number of hydrogen-bond acceptors (Lipinski definition) is 3. The molecule has 0 aliphatic rings. The van der Waals surface area contributed by atoms with Gasteiger partial charge in [0, 0.05) is 12.8 Å². The van der Waals surface area contributed by atoms with E-state index < -0.39 is 0 Å². The van der Waals surface area contributed by atoms with Gasteiger partial charge in [0.25, 0.3) is 0 Å². The fourth-order valence-corrected chi connectivity index (χ4v) is 0.781. The van der Waals surface area contributed by atoms with Crippen LogP contribution in [0.15, 0.2) is 4.42 Å². The van der Waals surface area contributed by atoms with Gasteiger partial charge in [0.15, 0.2) is 0 Å². The molecule has 1 aromatic rings. The third-order valence-corrected chi connectivity index (χ3v) is 1.93. The average molecular weight is 154 g/mol. The first-order valence-electron chi connectivity index (χ1n) is 3.91. The van der Waals surface area contributed by atoms with Gasteiger partial charge in [0.2, 0.25) is 11.8 Å². The van der Waals surface area contributed by atoms with E-state index >= 15 is 0 Å². The van der Waals surface area contributed by atoms with Crippen molar-refractivity contribution in [1.29, 1.82) is 0 Å². The Balaban J connectivity index is 2.76. The van der Waals surface area contributed by atoms with Crippen LogP contribution in [0, 0.1) is 12.8 Å². The Morgan fingerprint density at radius 3 is 2.18 bits per heavy atom. The van der Waals surface area contributed by atoms with Crippen LogP contribution in [0.2, 0.25) is 0 Å². The highest BCUT2D eigenvalue weighted by Crippen LogP contribution is 2.21. The average Bonchev–Trinajstić information content (AvgIpc) is 2.34. The van der Waals surface area contributed by atoms with Crippen molar-refractivity contribution in [3.8, 4) is 0 Å². The number of rotatable bonds is 2. The van der Waals surface area contributed by atoms with E-state index in [1.807, 2.05) is 6.92 Å². The zero-order valence-corrected chi connectivity index (χ0v) is 7.46. The SMILES string of the molecule is Cc1nnc(C(C)C(C)C)o1. The van der Waals surface area contributed by atoms with Crippen LogP contribution in [-0.2, 0) is 0 Å². The van der Waals surface area contributed by atoms with E-state index in [4.69, 9.17) is 4.42 Å². The molecular weight excluding hydrogens is 140 g/mol. The summed E-state index contributed by atoms with van der Waals surface area (Å²) in [5.41, 5.74) is 0. The molecule has 0 aromatic carbocycles.